The second-order valence-electron chi connectivity index (χ2n) is 5.03. The van der Waals surface area contributed by atoms with E-state index in [0.29, 0.717) is 11.7 Å². The third-order valence-electron chi connectivity index (χ3n) is 3.58. The van der Waals surface area contributed by atoms with E-state index in [1.807, 2.05) is 6.07 Å². The summed E-state index contributed by atoms with van der Waals surface area (Å²) in [6.45, 7) is 4.25. The van der Waals surface area contributed by atoms with Crippen LogP contribution in [0.1, 0.15) is 32.0 Å². The Morgan fingerprint density at radius 2 is 2.16 bits per heavy atom. The van der Waals surface area contributed by atoms with E-state index in [0.717, 1.165) is 50.4 Å². The van der Waals surface area contributed by atoms with Crippen LogP contribution in [-0.4, -0.2) is 34.8 Å². The van der Waals surface area contributed by atoms with Gasteiger partial charge in [0.1, 0.15) is 17.5 Å². The van der Waals surface area contributed by atoms with Crippen LogP contribution < -0.4 is 16.2 Å². The van der Waals surface area contributed by atoms with Crippen molar-refractivity contribution in [3.63, 3.8) is 0 Å². The van der Waals surface area contributed by atoms with Gasteiger partial charge >= 0.3 is 0 Å². The highest BCUT2D eigenvalue weighted by molar-refractivity contribution is 5.49. The maximum atomic E-state index is 9.17. The second-order valence-corrected chi connectivity index (χ2v) is 5.03. The molecule has 1 aliphatic rings. The van der Waals surface area contributed by atoms with Crippen LogP contribution in [-0.2, 0) is 6.42 Å². The van der Waals surface area contributed by atoms with Crippen molar-refractivity contribution in [2.75, 3.05) is 30.0 Å². The van der Waals surface area contributed by atoms with Crippen LogP contribution in [0.3, 0.4) is 0 Å². The van der Waals surface area contributed by atoms with Gasteiger partial charge in [-0.05, 0) is 25.2 Å². The molecule has 0 saturated carbocycles. The molecule has 1 aromatic rings. The molecule has 1 saturated heterocycles. The van der Waals surface area contributed by atoms with E-state index >= 15 is 0 Å². The van der Waals surface area contributed by atoms with Crippen molar-refractivity contribution in [3.05, 3.63) is 11.9 Å². The molecule has 19 heavy (non-hydrogen) atoms. The van der Waals surface area contributed by atoms with Gasteiger partial charge < -0.3 is 15.4 Å². The van der Waals surface area contributed by atoms with Crippen LogP contribution in [0.4, 0.5) is 11.6 Å². The summed E-state index contributed by atoms with van der Waals surface area (Å²) < 4.78 is 0. The summed E-state index contributed by atoms with van der Waals surface area (Å²) in [7, 11) is 0. The topological polar surface area (TPSA) is 87.3 Å². The summed E-state index contributed by atoms with van der Waals surface area (Å²) in [6, 6.07) is 1.89. The highest BCUT2D eigenvalue weighted by Gasteiger charge is 2.20. The lowest BCUT2D eigenvalue weighted by Gasteiger charge is -2.32. The minimum atomic E-state index is 0.286. The number of piperidine rings is 1. The predicted molar refractivity (Wildman–Crippen MR) is 75.9 cm³/mol. The van der Waals surface area contributed by atoms with Crippen molar-refractivity contribution < 1.29 is 5.11 Å². The van der Waals surface area contributed by atoms with Gasteiger partial charge in [0.15, 0.2) is 0 Å². The van der Waals surface area contributed by atoms with E-state index < -0.39 is 0 Å². The minimum absolute atomic E-state index is 0.286. The van der Waals surface area contributed by atoms with Crippen LogP contribution in [0.25, 0.3) is 0 Å². The van der Waals surface area contributed by atoms with Crippen LogP contribution in [0.5, 0.6) is 0 Å². The maximum absolute atomic E-state index is 9.17. The van der Waals surface area contributed by atoms with Gasteiger partial charge in [-0.25, -0.2) is 15.8 Å². The standard InChI is InChI=1S/C13H23N5O/c1-2-3-11-15-12(17-14)8-13(16-11)18-6-4-10(9-19)5-7-18/h8,10,19H,2-7,9,14H2,1H3,(H,15,16,17). The van der Waals surface area contributed by atoms with Gasteiger partial charge in [-0.3, -0.25) is 0 Å². The highest BCUT2D eigenvalue weighted by Crippen LogP contribution is 2.23. The first-order chi connectivity index (χ1) is 9.26. The Bertz CT molecular complexity index is 404. The Morgan fingerprint density at radius 1 is 1.42 bits per heavy atom. The zero-order valence-corrected chi connectivity index (χ0v) is 11.5. The minimum Gasteiger partial charge on any atom is -0.396 e. The number of aromatic nitrogens is 2. The summed E-state index contributed by atoms with van der Waals surface area (Å²) in [6.07, 6.45) is 3.89. The number of nitrogen functional groups attached to an aromatic ring is 1. The zero-order valence-electron chi connectivity index (χ0n) is 11.5. The van der Waals surface area contributed by atoms with Crippen molar-refractivity contribution >= 4 is 11.6 Å². The Labute approximate surface area is 114 Å². The molecule has 0 aliphatic carbocycles. The largest absolute Gasteiger partial charge is 0.396 e. The fourth-order valence-electron chi connectivity index (χ4n) is 2.40. The molecule has 1 aromatic heterocycles. The van der Waals surface area contributed by atoms with E-state index in [1.165, 1.54) is 0 Å². The predicted octanol–water partition coefficient (Wildman–Crippen LogP) is 0.923. The van der Waals surface area contributed by atoms with Gasteiger partial charge in [-0.1, -0.05) is 6.92 Å². The Hall–Kier alpha value is -1.40. The summed E-state index contributed by atoms with van der Waals surface area (Å²) >= 11 is 0. The number of aryl methyl sites for hydroxylation is 1. The molecule has 0 atom stereocenters. The fraction of sp³-hybridized carbons (Fsp3) is 0.692. The number of anilines is 2. The van der Waals surface area contributed by atoms with Gasteiger partial charge in [0.25, 0.3) is 0 Å². The molecule has 0 bridgehead atoms. The van der Waals surface area contributed by atoms with Crippen LogP contribution in [0.15, 0.2) is 6.07 Å². The molecular formula is C13H23N5O. The summed E-state index contributed by atoms with van der Waals surface area (Å²) in [5.41, 5.74) is 2.61. The lowest BCUT2D eigenvalue weighted by atomic mass is 9.98. The van der Waals surface area contributed by atoms with Crippen molar-refractivity contribution in [1.29, 1.82) is 0 Å². The molecule has 0 radical (unpaired) electrons. The van der Waals surface area contributed by atoms with E-state index in [1.54, 1.807) is 0 Å². The molecule has 1 aliphatic heterocycles. The van der Waals surface area contributed by atoms with Crippen LogP contribution >= 0.6 is 0 Å². The summed E-state index contributed by atoms with van der Waals surface area (Å²) in [5.74, 6) is 8.32. The van der Waals surface area contributed by atoms with Crippen molar-refractivity contribution in [3.8, 4) is 0 Å². The van der Waals surface area contributed by atoms with Crippen LogP contribution in [0.2, 0.25) is 0 Å². The number of aliphatic hydroxyl groups excluding tert-OH is 1. The molecule has 6 nitrogen and oxygen atoms in total. The Balaban J connectivity index is 2.12. The van der Waals surface area contributed by atoms with Gasteiger partial charge in [0.05, 0.1) is 0 Å². The molecule has 4 N–H and O–H groups in total. The Morgan fingerprint density at radius 3 is 2.74 bits per heavy atom. The van der Waals surface area contributed by atoms with Gasteiger partial charge in [0.2, 0.25) is 0 Å². The first-order valence-corrected chi connectivity index (χ1v) is 6.97. The number of aliphatic hydroxyl groups is 1. The molecule has 0 amide bonds. The van der Waals surface area contributed by atoms with Crippen molar-refractivity contribution in [2.24, 2.45) is 11.8 Å². The SMILES string of the molecule is CCCc1nc(NN)cc(N2CCC(CO)CC2)n1. The Kier molecular flexibility index (Phi) is 4.93. The molecule has 1 fully saturated rings. The molecule has 0 spiro atoms. The quantitative estimate of drug-likeness (QED) is 0.542. The van der Waals surface area contributed by atoms with Gasteiger partial charge in [0, 0.05) is 32.2 Å². The molecular weight excluding hydrogens is 242 g/mol. The monoisotopic (exact) mass is 265 g/mol. The smallest absolute Gasteiger partial charge is 0.145 e. The van der Waals surface area contributed by atoms with E-state index in [2.05, 4.69) is 27.2 Å². The summed E-state index contributed by atoms with van der Waals surface area (Å²) in [5, 5.41) is 9.17. The average molecular weight is 265 g/mol. The lowest BCUT2D eigenvalue weighted by molar-refractivity contribution is 0.203. The zero-order chi connectivity index (χ0) is 13.7. The van der Waals surface area contributed by atoms with Crippen LogP contribution in [0, 0.1) is 5.92 Å². The first kappa shape index (κ1) is 14.0. The number of rotatable bonds is 5. The van der Waals surface area contributed by atoms with Crippen molar-refractivity contribution in [2.45, 2.75) is 32.6 Å². The van der Waals surface area contributed by atoms with E-state index in [4.69, 9.17) is 5.84 Å². The molecule has 0 aromatic carbocycles. The number of hydrazine groups is 1. The van der Waals surface area contributed by atoms with Gasteiger partial charge in [-0.2, -0.15) is 0 Å². The first-order valence-electron chi connectivity index (χ1n) is 6.97. The molecule has 2 heterocycles. The molecule has 0 unspecified atom stereocenters. The number of hydrogen-bond acceptors (Lipinski definition) is 6. The summed E-state index contributed by atoms with van der Waals surface area (Å²) in [4.78, 5) is 11.2. The second kappa shape index (κ2) is 6.68. The number of nitrogens with one attached hydrogen (secondary N) is 1. The number of hydrogen-bond donors (Lipinski definition) is 3. The van der Waals surface area contributed by atoms with Crippen molar-refractivity contribution in [1.82, 2.24) is 9.97 Å². The third-order valence-corrected chi connectivity index (χ3v) is 3.58. The number of nitrogens with zero attached hydrogens (tertiary/aromatic N) is 3. The maximum Gasteiger partial charge on any atom is 0.145 e. The lowest BCUT2D eigenvalue weighted by Crippen LogP contribution is -2.35. The normalized spacial score (nSPS) is 16.7. The average Bonchev–Trinajstić information content (AvgIpc) is 2.47. The van der Waals surface area contributed by atoms with E-state index in [-0.39, 0.29) is 6.61 Å². The van der Waals surface area contributed by atoms with Gasteiger partial charge in [-0.15, -0.1) is 0 Å². The highest BCUT2D eigenvalue weighted by atomic mass is 16.3. The fourth-order valence-corrected chi connectivity index (χ4v) is 2.40. The third kappa shape index (κ3) is 3.54. The molecule has 2 rings (SSSR count). The van der Waals surface area contributed by atoms with E-state index in [9.17, 15) is 5.11 Å². The molecule has 6 heteroatoms. The molecule has 106 valence electrons. The number of nitrogens with two attached hydrogens (primary N) is 1.